The fourth-order valence-corrected chi connectivity index (χ4v) is 1.32. The summed E-state index contributed by atoms with van der Waals surface area (Å²) in [5.41, 5.74) is 2.65. The van der Waals surface area contributed by atoms with Crippen LogP contribution in [0.3, 0.4) is 0 Å². The second kappa shape index (κ2) is 2.49. The Morgan fingerprint density at radius 2 is 2.08 bits per heavy atom. The van der Waals surface area contributed by atoms with E-state index in [0.29, 0.717) is 5.89 Å². The summed E-state index contributed by atoms with van der Waals surface area (Å²) in [6, 6.07) is 3.72. The van der Waals surface area contributed by atoms with Crippen molar-refractivity contribution in [1.29, 1.82) is 0 Å². The lowest BCUT2D eigenvalue weighted by Gasteiger charge is -1.93. The number of oxazole rings is 1. The van der Waals surface area contributed by atoms with Crippen molar-refractivity contribution in [3.8, 4) is 0 Å². The normalized spacial score (nSPS) is 10.9. The van der Waals surface area contributed by atoms with Crippen LogP contribution in [0.5, 0.6) is 0 Å². The number of aryl methyl sites for hydroxylation is 2. The highest BCUT2D eigenvalue weighted by molar-refractivity contribution is 6.31. The number of benzene rings is 1. The lowest BCUT2D eigenvalue weighted by molar-refractivity contribution is 0.561. The number of fused-ring (bicyclic) bond motifs is 1. The SMILES string of the molecule is Cc1nc2cc(C)c(Cl)cc2o1. The summed E-state index contributed by atoms with van der Waals surface area (Å²) >= 11 is 5.91. The monoisotopic (exact) mass is 181 g/mol. The van der Waals surface area contributed by atoms with Crippen molar-refractivity contribution in [2.75, 3.05) is 0 Å². The van der Waals surface area contributed by atoms with Crippen LogP contribution in [-0.2, 0) is 0 Å². The molecule has 1 heterocycles. The zero-order chi connectivity index (χ0) is 8.72. The van der Waals surface area contributed by atoms with Gasteiger partial charge in [0.05, 0.1) is 0 Å². The van der Waals surface area contributed by atoms with Crippen LogP contribution in [-0.4, -0.2) is 4.98 Å². The summed E-state index contributed by atoms with van der Waals surface area (Å²) in [7, 11) is 0. The molecule has 0 atom stereocenters. The van der Waals surface area contributed by atoms with Crippen molar-refractivity contribution < 1.29 is 4.42 Å². The molecular formula is C9H8ClNO. The smallest absolute Gasteiger partial charge is 0.192 e. The molecule has 62 valence electrons. The fourth-order valence-electron chi connectivity index (χ4n) is 1.17. The van der Waals surface area contributed by atoms with Gasteiger partial charge in [0.15, 0.2) is 11.5 Å². The van der Waals surface area contributed by atoms with Gasteiger partial charge >= 0.3 is 0 Å². The van der Waals surface area contributed by atoms with Crippen molar-refractivity contribution in [3.63, 3.8) is 0 Å². The summed E-state index contributed by atoms with van der Waals surface area (Å²) < 4.78 is 5.31. The Labute approximate surface area is 75.2 Å². The van der Waals surface area contributed by atoms with E-state index in [2.05, 4.69) is 4.98 Å². The van der Waals surface area contributed by atoms with Crippen molar-refractivity contribution in [1.82, 2.24) is 4.98 Å². The molecule has 0 spiro atoms. The van der Waals surface area contributed by atoms with E-state index in [1.54, 1.807) is 6.07 Å². The Bertz CT molecular complexity index is 394. The Kier molecular flexibility index (Phi) is 1.58. The van der Waals surface area contributed by atoms with Crippen LogP contribution < -0.4 is 0 Å². The summed E-state index contributed by atoms with van der Waals surface area (Å²) in [6.45, 7) is 3.77. The molecule has 0 fully saturated rings. The minimum absolute atomic E-state index is 0.673. The summed E-state index contributed by atoms with van der Waals surface area (Å²) in [6.07, 6.45) is 0. The molecule has 0 saturated carbocycles. The Morgan fingerprint density at radius 1 is 1.33 bits per heavy atom. The summed E-state index contributed by atoms with van der Waals surface area (Å²) in [4.78, 5) is 4.19. The minimum atomic E-state index is 0.673. The number of hydrogen-bond donors (Lipinski definition) is 0. The van der Waals surface area contributed by atoms with Gasteiger partial charge in [-0.25, -0.2) is 4.98 Å². The molecule has 0 radical (unpaired) electrons. The van der Waals surface area contributed by atoms with E-state index >= 15 is 0 Å². The maximum atomic E-state index is 5.91. The molecule has 0 bridgehead atoms. The van der Waals surface area contributed by atoms with Crippen LogP contribution in [0.4, 0.5) is 0 Å². The third kappa shape index (κ3) is 1.08. The van der Waals surface area contributed by atoms with Gasteiger partial charge in [0, 0.05) is 18.0 Å². The minimum Gasteiger partial charge on any atom is -0.441 e. The zero-order valence-electron chi connectivity index (χ0n) is 6.89. The first-order chi connectivity index (χ1) is 5.66. The quantitative estimate of drug-likeness (QED) is 0.624. The molecule has 0 N–H and O–H groups in total. The van der Waals surface area contributed by atoms with E-state index in [-0.39, 0.29) is 0 Å². The summed E-state index contributed by atoms with van der Waals surface area (Å²) in [5, 5.41) is 0.721. The van der Waals surface area contributed by atoms with E-state index < -0.39 is 0 Å². The van der Waals surface area contributed by atoms with Crippen LogP contribution in [0.25, 0.3) is 11.1 Å². The highest BCUT2D eigenvalue weighted by atomic mass is 35.5. The molecular weight excluding hydrogens is 174 g/mol. The molecule has 0 saturated heterocycles. The van der Waals surface area contributed by atoms with Gasteiger partial charge in [-0.1, -0.05) is 11.6 Å². The molecule has 1 aromatic carbocycles. The lowest BCUT2D eigenvalue weighted by atomic mass is 10.2. The van der Waals surface area contributed by atoms with Gasteiger partial charge in [0.25, 0.3) is 0 Å². The molecule has 2 nitrogen and oxygen atoms in total. The number of rotatable bonds is 0. The van der Waals surface area contributed by atoms with E-state index in [0.717, 1.165) is 21.7 Å². The van der Waals surface area contributed by atoms with Gasteiger partial charge in [0.1, 0.15) is 5.52 Å². The third-order valence-electron chi connectivity index (χ3n) is 1.78. The van der Waals surface area contributed by atoms with E-state index in [1.807, 2.05) is 19.9 Å². The second-order valence-corrected chi connectivity index (χ2v) is 3.21. The van der Waals surface area contributed by atoms with Crippen LogP contribution in [0, 0.1) is 13.8 Å². The molecule has 2 aromatic rings. The Hall–Kier alpha value is -1.02. The number of halogens is 1. The molecule has 0 aliphatic carbocycles. The predicted molar refractivity (Wildman–Crippen MR) is 48.5 cm³/mol. The van der Waals surface area contributed by atoms with Gasteiger partial charge in [-0.05, 0) is 18.6 Å². The Morgan fingerprint density at radius 3 is 2.83 bits per heavy atom. The largest absolute Gasteiger partial charge is 0.441 e. The van der Waals surface area contributed by atoms with Gasteiger partial charge in [-0.15, -0.1) is 0 Å². The fraction of sp³-hybridized carbons (Fsp3) is 0.222. The Balaban J connectivity index is 2.83. The van der Waals surface area contributed by atoms with Crippen molar-refractivity contribution in [2.24, 2.45) is 0 Å². The molecule has 0 aliphatic rings. The molecule has 0 amide bonds. The average molecular weight is 182 g/mol. The molecule has 2 rings (SSSR count). The van der Waals surface area contributed by atoms with Gasteiger partial charge in [0.2, 0.25) is 0 Å². The molecule has 3 heteroatoms. The van der Waals surface area contributed by atoms with E-state index in [9.17, 15) is 0 Å². The van der Waals surface area contributed by atoms with Gasteiger partial charge < -0.3 is 4.42 Å². The number of aromatic nitrogens is 1. The van der Waals surface area contributed by atoms with E-state index in [1.165, 1.54) is 0 Å². The van der Waals surface area contributed by atoms with Crippen molar-refractivity contribution >= 4 is 22.7 Å². The van der Waals surface area contributed by atoms with Crippen LogP contribution in [0.15, 0.2) is 16.5 Å². The molecule has 0 unspecified atom stereocenters. The topological polar surface area (TPSA) is 26.0 Å². The van der Waals surface area contributed by atoms with Crippen LogP contribution in [0.1, 0.15) is 11.5 Å². The van der Waals surface area contributed by atoms with Crippen LogP contribution in [0.2, 0.25) is 5.02 Å². The third-order valence-corrected chi connectivity index (χ3v) is 2.18. The molecule has 0 aliphatic heterocycles. The molecule has 1 aromatic heterocycles. The predicted octanol–water partition coefficient (Wildman–Crippen LogP) is 3.10. The highest BCUT2D eigenvalue weighted by Crippen LogP contribution is 2.23. The maximum absolute atomic E-state index is 5.91. The molecule has 12 heavy (non-hydrogen) atoms. The number of hydrogen-bond acceptors (Lipinski definition) is 2. The lowest BCUT2D eigenvalue weighted by Crippen LogP contribution is -1.75. The van der Waals surface area contributed by atoms with E-state index in [4.69, 9.17) is 16.0 Å². The first-order valence-electron chi connectivity index (χ1n) is 3.70. The van der Waals surface area contributed by atoms with Crippen LogP contribution >= 0.6 is 11.6 Å². The number of nitrogens with zero attached hydrogens (tertiary/aromatic N) is 1. The van der Waals surface area contributed by atoms with Crippen molar-refractivity contribution in [2.45, 2.75) is 13.8 Å². The zero-order valence-corrected chi connectivity index (χ0v) is 7.64. The average Bonchev–Trinajstić information content (AvgIpc) is 2.30. The first kappa shape index (κ1) is 7.62. The van der Waals surface area contributed by atoms with Gasteiger partial charge in [-0.3, -0.25) is 0 Å². The summed E-state index contributed by atoms with van der Waals surface area (Å²) in [5.74, 6) is 0.673. The van der Waals surface area contributed by atoms with Gasteiger partial charge in [-0.2, -0.15) is 0 Å². The second-order valence-electron chi connectivity index (χ2n) is 2.80. The first-order valence-corrected chi connectivity index (χ1v) is 4.08. The standard InChI is InChI=1S/C9H8ClNO/c1-5-3-8-9(4-7(5)10)12-6(2)11-8/h3-4H,1-2H3. The van der Waals surface area contributed by atoms with Crippen molar-refractivity contribution in [3.05, 3.63) is 28.6 Å². The maximum Gasteiger partial charge on any atom is 0.192 e. The highest BCUT2D eigenvalue weighted by Gasteiger charge is 2.04.